The monoisotopic (exact) mass is 440 g/mol. The first-order valence-electron chi connectivity index (χ1n) is 10.8. The lowest BCUT2D eigenvalue weighted by atomic mass is 9.89. The summed E-state index contributed by atoms with van der Waals surface area (Å²) in [6.07, 6.45) is 0.370. The SMILES string of the molecule is COc1ccc(CNC(=O)C2(Oc3ccccc3)CCN(C(=O)OC(C)(C)C)CC2)cc1. The fraction of sp³-hybridized carbons (Fsp3) is 0.440. The van der Waals surface area contributed by atoms with E-state index in [0.717, 1.165) is 11.3 Å². The number of hydrogen-bond acceptors (Lipinski definition) is 5. The molecule has 2 aromatic carbocycles. The van der Waals surface area contributed by atoms with E-state index in [-0.39, 0.29) is 12.0 Å². The molecule has 0 atom stereocenters. The van der Waals surface area contributed by atoms with Crippen molar-refractivity contribution in [2.75, 3.05) is 20.2 Å². The molecule has 0 aromatic heterocycles. The Hall–Kier alpha value is -3.22. The van der Waals surface area contributed by atoms with Gasteiger partial charge in [-0.2, -0.15) is 0 Å². The standard InChI is InChI=1S/C25H32N2O5/c1-24(2,3)32-23(29)27-16-14-25(15-17-27,31-21-8-6-5-7-9-21)22(28)26-18-19-10-12-20(30-4)13-11-19/h5-13H,14-18H2,1-4H3,(H,26,28). The fourth-order valence-corrected chi connectivity index (χ4v) is 3.55. The van der Waals surface area contributed by atoms with Gasteiger partial charge in [-0.05, 0) is 50.6 Å². The third-order valence-electron chi connectivity index (χ3n) is 5.31. The first-order valence-corrected chi connectivity index (χ1v) is 10.8. The van der Waals surface area contributed by atoms with Gasteiger partial charge in [0.2, 0.25) is 0 Å². The first-order chi connectivity index (χ1) is 15.2. The summed E-state index contributed by atoms with van der Waals surface area (Å²) in [6.45, 7) is 6.63. The van der Waals surface area contributed by atoms with Crippen molar-refractivity contribution < 1.29 is 23.8 Å². The van der Waals surface area contributed by atoms with Crippen LogP contribution in [0.3, 0.4) is 0 Å². The van der Waals surface area contributed by atoms with Crippen molar-refractivity contribution in [3.8, 4) is 11.5 Å². The Balaban J connectivity index is 1.70. The summed E-state index contributed by atoms with van der Waals surface area (Å²) in [4.78, 5) is 27.4. The van der Waals surface area contributed by atoms with E-state index in [1.807, 2.05) is 75.4 Å². The molecule has 1 N–H and O–H groups in total. The van der Waals surface area contributed by atoms with E-state index in [1.165, 1.54) is 0 Å². The van der Waals surface area contributed by atoms with E-state index in [9.17, 15) is 9.59 Å². The Labute approximate surface area is 189 Å². The molecule has 0 unspecified atom stereocenters. The van der Waals surface area contributed by atoms with Crippen LogP contribution in [0.15, 0.2) is 54.6 Å². The number of methoxy groups -OCH3 is 1. The van der Waals surface area contributed by atoms with Gasteiger partial charge in [0.05, 0.1) is 7.11 Å². The Bertz CT molecular complexity index is 898. The van der Waals surface area contributed by atoms with Gasteiger partial charge in [0.15, 0.2) is 5.60 Å². The molecule has 1 aliphatic heterocycles. The van der Waals surface area contributed by atoms with Crippen LogP contribution >= 0.6 is 0 Å². The van der Waals surface area contributed by atoms with Crippen LogP contribution in [0, 0.1) is 0 Å². The van der Waals surface area contributed by atoms with Crippen LogP contribution in [0.25, 0.3) is 0 Å². The van der Waals surface area contributed by atoms with Gasteiger partial charge in [0.25, 0.3) is 5.91 Å². The zero-order valence-electron chi connectivity index (χ0n) is 19.2. The normalized spacial score (nSPS) is 15.6. The summed E-state index contributed by atoms with van der Waals surface area (Å²) in [6, 6.07) is 16.8. The highest BCUT2D eigenvalue weighted by molar-refractivity contribution is 5.86. The minimum atomic E-state index is -1.06. The van der Waals surface area contributed by atoms with Gasteiger partial charge in [-0.15, -0.1) is 0 Å². The summed E-state index contributed by atoms with van der Waals surface area (Å²) in [7, 11) is 1.62. The minimum Gasteiger partial charge on any atom is -0.497 e. The molecule has 1 heterocycles. The van der Waals surface area contributed by atoms with Crippen molar-refractivity contribution >= 4 is 12.0 Å². The average Bonchev–Trinajstić information content (AvgIpc) is 2.77. The number of para-hydroxylation sites is 1. The van der Waals surface area contributed by atoms with Gasteiger partial charge in [-0.3, -0.25) is 4.79 Å². The van der Waals surface area contributed by atoms with Gasteiger partial charge in [0.1, 0.15) is 17.1 Å². The number of carbonyl (C=O) groups is 2. The number of likely N-dealkylation sites (tertiary alicyclic amines) is 1. The summed E-state index contributed by atoms with van der Waals surface area (Å²) < 4.78 is 16.9. The molecule has 1 fully saturated rings. The van der Waals surface area contributed by atoms with Crippen LogP contribution in [-0.2, 0) is 16.1 Å². The quantitative estimate of drug-likeness (QED) is 0.730. The second-order valence-corrected chi connectivity index (χ2v) is 8.91. The number of nitrogens with zero attached hydrogens (tertiary/aromatic N) is 1. The summed E-state index contributed by atoms with van der Waals surface area (Å²) >= 11 is 0. The molecule has 172 valence electrons. The number of rotatable bonds is 6. The van der Waals surface area contributed by atoms with Gasteiger partial charge >= 0.3 is 6.09 Å². The Morgan fingerprint density at radius 3 is 2.16 bits per heavy atom. The molecule has 1 aliphatic rings. The molecule has 7 heteroatoms. The summed E-state index contributed by atoms with van der Waals surface area (Å²) in [5, 5.41) is 3.01. The fourth-order valence-electron chi connectivity index (χ4n) is 3.55. The molecule has 0 bridgehead atoms. The third-order valence-corrected chi connectivity index (χ3v) is 5.31. The van der Waals surface area contributed by atoms with Crippen LogP contribution in [-0.4, -0.2) is 48.3 Å². The van der Waals surface area contributed by atoms with E-state index >= 15 is 0 Å². The van der Waals surface area contributed by atoms with Crippen molar-refractivity contribution in [1.29, 1.82) is 0 Å². The second kappa shape index (κ2) is 9.94. The van der Waals surface area contributed by atoms with Crippen molar-refractivity contribution in [1.82, 2.24) is 10.2 Å². The predicted molar refractivity (Wildman–Crippen MR) is 122 cm³/mol. The largest absolute Gasteiger partial charge is 0.497 e. The van der Waals surface area contributed by atoms with Crippen LogP contribution in [0.1, 0.15) is 39.2 Å². The molecule has 1 saturated heterocycles. The van der Waals surface area contributed by atoms with E-state index < -0.39 is 11.2 Å². The molecule has 2 amide bonds. The first kappa shape index (κ1) is 23.4. The predicted octanol–water partition coefficient (Wildman–Crippen LogP) is 4.16. The van der Waals surface area contributed by atoms with Gasteiger partial charge < -0.3 is 24.4 Å². The number of piperidine rings is 1. The highest BCUT2D eigenvalue weighted by Gasteiger charge is 2.45. The molecule has 3 rings (SSSR count). The maximum atomic E-state index is 13.3. The molecule has 2 aromatic rings. The van der Waals surface area contributed by atoms with Crippen LogP contribution in [0.5, 0.6) is 11.5 Å². The number of amides is 2. The van der Waals surface area contributed by atoms with E-state index in [4.69, 9.17) is 14.2 Å². The van der Waals surface area contributed by atoms with Gasteiger partial charge in [0, 0.05) is 32.5 Å². The lowest BCUT2D eigenvalue weighted by Gasteiger charge is -2.40. The average molecular weight is 441 g/mol. The second-order valence-electron chi connectivity index (χ2n) is 8.91. The highest BCUT2D eigenvalue weighted by Crippen LogP contribution is 2.30. The molecule has 32 heavy (non-hydrogen) atoms. The van der Waals surface area contributed by atoms with Crippen LogP contribution in [0.2, 0.25) is 0 Å². The molecule has 0 radical (unpaired) electrons. The summed E-state index contributed by atoms with van der Waals surface area (Å²) in [5.74, 6) is 1.19. The number of ether oxygens (including phenoxy) is 3. The molecular weight excluding hydrogens is 408 g/mol. The molecular formula is C25H32N2O5. The van der Waals surface area contributed by atoms with E-state index in [2.05, 4.69) is 5.32 Å². The number of benzene rings is 2. The number of nitrogens with one attached hydrogen (secondary N) is 1. The van der Waals surface area contributed by atoms with Crippen molar-refractivity contribution in [2.45, 2.75) is 51.4 Å². The zero-order chi connectivity index (χ0) is 23.2. The van der Waals surface area contributed by atoms with Crippen molar-refractivity contribution in [3.05, 3.63) is 60.2 Å². The Morgan fingerprint density at radius 1 is 0.969 bits per heavy atom. The van der Waals surface area contributed by atoms with E-state index in [0.29, 0.717) is 38.2 Å². The molecule has 7 nitrogen and oxygen atoms in total. The minimum absolute atomic E-state index is 0.194. The number of carbonyl (C=O) groups excluding carboxylic acids is 2. The maximum absolute atomic E-state index is 13.3. The lowest BCUT2D eigenvalue weighted by Crippen LogP contribution is -2.58. The lowest BCUT2D eigenvalue weighted by molar-refractivity contribution is -0.141. The maximum Gasteiger partial charge on any atom is 0.410 e. The van der Waals surface area contributed by atoms with Crippen molar-refractivity contribution in [2.24, 2.45) is 0 Å². The molecule has 0 spiro atoms. The molecule has 0 saturated carbocycles. The van der Waals surface area contributed by atoms with Crippen LogP contribution < -0.4 is 14.8 Å². The highest BCUT2D eigenvalue weighted by atomic mass is 16.6. The van der Waals surface area contributed by atoms with Gasteiger partial charge in [-0.25, -0.2) is 4.79 Å². The Kier molecular flexibility index (Phi) is 7.28. The molecule has 0 aliphatic carbocycles. The zero-order valence-corrected chi connectivity index (χ0v) is 19.2. The summed E-state index contributed by atoms with van der Waals surface area (Å²) in [5.41, 5.74) is -0.672. The third kappa shape index (κ3) is 6.15. The topological polar surface area (TPSA) is 77.1 Å². The van der Waals surface area contributed by atoms with Gasteiger partial charge in [-0.1, -0.05) is 30.3 Å². The van der Waals surface area contributed by atoms with Crippen LogP contribution in [0.4, 0.5) is 4.79 Å². The number of hydrogen-bond donors (Lipinski definition) is 1. The Morgan fingerprint density at radius 2 is 1.59 bits per heavy atom. The van der Waals surface area contributed by atoms with Crippen molar-refractivity contribution in [3.63, 3.8) is 0 Å². The smallest absolute Gasteiger partial charge is 0.410 e. The van der Waals surface area contributed by atoms with E-state index in [1.54, 1.807) is 12.0 Å².